The van der Waals surface area contributed by atoms with Crippen LogP contribution in [0.3, 0.4) is 0 Å². The van der Waals surface area contributed by atoms with Crippen LogP contribution in [0.2, 0.25) is 0 Å². The van der Waals surface area contributed by atoms with Gasteiger partial charge in [-0.15, -0.1) is 0 Å². The molecule has 4 heterocycles. The summed E-state index contributed by atoms with van der Waals surface area (Å²) < 4.78 is 47.6. The average Bonchev–Trinajstić information content (AvgIpc) is 3.49. The van der Waals surface area contributed by atoms with Gasteiger partial charge in [0.25, 0.3) is 0 Å². The molecular formula is C24H27F3N6O. The number of hydrogen-bond donors (Lipinski definition) is 0. The van der Waals surface area contributed by atoms with Crippen molar-refractivity contribution in [2.24, 2.45) is 5.92 Å². The van der Waals surface area contributed by atoms with Gasteiger partial charge in [0.15, 0.2) is 5.65 Å². The summed E-state index contributed by atoms with van der Waals surface area (Å²) in [6.45, 7) is 5.55. The molecule has 0 amide bonds. The molecule has 34 heavy (non-hydrogen) atoms. The van der Waals surface area contributed by atoms with Crippen molar-refractivity contribution in [2.75, 3.05) is 24.6 Å². The summed E-state index contributed by atoms with van der Waals surface area (Å²) in [7, 11) is 0. The van der Waals surface area contributed by atoms with Crippen molar-refractivity contribution in [3.63, 3.8) is 0 Å². The third kappa shape index (κ3) is 3.91. The fraction of sp³-hybridized carbons (Fsp3) is 0.583. The van der Waals surface area contributed by atoms with Gasteiger partial charge in [-0.2, -0.15) is 23.3 Å². The molecule has 3 aromatic rings. The molecule has 0 unspecified atom stereocenters. The number of alkyl halides is 3. The van der Waals surface area contributed by atoms with Crippen molar-refractivity contribution in [1.29, 1.82) is 0 Å². The quantitative estimate of drug-likeness (QED) is 0.543. The van der Waals surface area contributed by atoms with E-state index in [2.05, 4.69) is 21.2 Å². The van der Waals surface area contributed by atoms with Crippen molar-refractivity contribution in [3.05, 3.63) is 41.0 Å². The molecule has 10 heteroatoms. The van der Waals surface area contributed by atoms with Crippen LogP contribution < -0.4 is 4.90 Å². The lowest BCUT2D eigenvalue weighted by Crippen LogP contribution is -2.40. The molecule has 0 N–H and O–H groups in total. The van der Waals surface area contributed by atoms with Crippen LogP contribution >= 0.6 is 0 Å². The SMILES string of the molecule is Cc1cc2c(nc(N3CCO[C@@H](c4cnn(C5CC5)c4)C3)nc2[C@H]2C[C@@H](C(F)(F)F)C2)nc1C. The number of anilines is 1. The Labute approximate surface area is 195 Å². The molecule has 2 saturated carbocycles. The van der Waals surface area contributed by atoms with Crippen LogP contribution in [-0.4, -0.2) is 50.6 Å². The monoisotopic (exact) mass is 472 g/mol. The third-order valence-corrected chi connectivity index (χ3v) is 7.40. The maximum atomic E-state index is 13.2. The van der Waals surface area contributed by atoms with Crippen LogP contribution in [0.25, 0.3) is 11.0 Å². The summed E-state index contributed by atoms with van der Waals surface area (Å²) in [5, 5.41) is 5.24. The van der Waals surface area contributed by atoms with Gasteiger partial charge in [0.2, 0.25) is 5.95 Å². The zero-order valence-corrected chi connectivity index (χ0v) is 19.2. The first-order valence-electron chi connectivity index (χ1n) is 11.9. The fourth-order valence-corrected chi connectivity index (χ4v) is 4.91. The normalized spacial score (nSPS) is 25.6. The Hall–Kier alpha value is -2.75. The Morgan fingerprint density at radius 2 is 1.88 bits per heavy atom. The molecule has 1 aliphatic heterocycles. The highest BCUT2D eigenvalue weighted by molar-refractivity contribution is 5.80. The summed E-state index contributed by atoms with van der Waals surface area (Å²) in [5.74, 6) is -0.994. The predicted octanol–water partition coefficient (Wildman–Crippen LogP) is 4.81. The van der Waals surface area contributed by atoms with Crippen molar-refractivity contribution in [2.45, 2.75) is 63.8 Å². The number of morpholine rings is 1. The third-order valence-electron chi connectivity index (χ3n) is 7.40. The fourth-order valence-electron chi connectivity index (χ4n) is 4.91. The standard InChI is InChI=1S/C24H27F3N6O/c1-13-7-19-21(15-8-17(9-15)24(25,26)27)30-23(31-22(19)29-14(13)2)32-5-6-34-20(12-32)16-10-28-33(11-16)18-3-4-18/h7,10-11,15,17-18,20H,3-6,8-9,12H2,1-2H3/t15-,17+,20-/m1/s1. The van der Waals surface area contributed by atoms with E-state index < -0.39 is 12.1 Å². The molecule has 3 fully saturated rings. The van der Waals surface area contributed by atoms with Crippen LogP contribution in [0.15, 0.2) is 18.5 Å². The van der Waals surface area contributed by atoms with E-state index in [0.29, 0.717) is 43.0 Å². The predicted molar refractivity (Wildman–Crippen MR) is 120 cm³/mol. The summed E-state index contributed by atoms with van der Waals surface area (Å²) in [6, 6.07) is 2.46. The van der Waals surface area contributed by atoms with Gasteiger partial charge >= 0.3 is 6.18 Å². The molecule has 1 atom stereocenters. The van der Waals surface area contributed by atoms with Gasteiger partial charge < -0.3 is 9.64 Å². The summed E-state index contributed by atoms with van der Waals surface area (Å²) in [5.41, 5.74) is 4.09. The van der Waals surface area contributed by atoms with Gasteiger partial charge in [-0.1, -0.05) is 0 Å². The number of ether oxygens (including phenoxy) is 1. The van der Waals surface area contributed by atoms with Gasteiger partial charge in [-0.25, -0.2) is 9.97 Å². The first-order valence-corrected chi connectivity index (χ1v) is 11.9. The first-order chi connectivity index (χ1) is 16.3. The van der Waals surface area contributed by atoms with Crippen molar-refractivity contribution in [3.8, 4) is 0 Å². The second kappa shape index (κ2) is 7.90. The highest BCUT2D eigenvalue weighted by Crippen LogP contribution is 2.50. The van der Waals surface area contributed by atoms with E-state index in [1.807, 2.05) is 30.8 Å². The van der Waals surface area contributed by atoms with Gasteiger partial charge in [-0.05, 0) is 51.2 Å². The van der Waals surface area contributed by atoms with Crippen LogP contribution in [0.1, 0.15) is 66.3 Å². The van der Waals surface area contributed by atoms with Crippen LogP contribution in [0.5, 0.6) is 0 Å². The van der Waals surface area contributed by atoms with E-state index >= 15 is 0 Å². The molecule has 180 valence electrons. The Morgan fingerprint density at radius 1 is 1.09 bits per heavy atom. The molecule has 3 aromatic heterocycles. The Kier molecular flexibility index (Phi) is 5.05. The summed E-state index contributed by atoms with van der Waals surface area (Å²) in [4.78, 5) is 16.3. The topological polar surface area (TPSA) is 69.0 Å². The molecule has 0 aromatic carbocycles. The van der Waals surface area contributed by atoms with Gasteiger partial charge in [0.05, 0.1) is 37.0 Å². The van der Waals surface area contributed by atoms with Crippen LogP contribution in [0.4, 0.5) is 19.1 Å². The Morgan fingerprint density at radius 3 is 2.62 bits per heavy atom. The minimum Gasteiger partial charge on any atom is -0.370 e. The number of aryl methyl sites for hydroxylation is 2. The zero-order chi connectivity index (χ0) is 23.6. The van der Waals surface area contributed by atoms with E-state index in [1.54, 1.807) is 0 Å². The lowest BCUT2D eigenvalue weighted by molar-refractivity contribution is -0.197. The zero-order valence-electron chi connectivity index (χ0n) is 19.2. The molecule has 2 aliphatic carbocycles. The van der Waals surface area contributed by atoms with Crippen molar-refractivity contribution in [1.82, 2.24) is 24.7 Å². The van der Waals surface area contributed by atoms with Gasteiger partial charge in [0.1, 0.15) is 6.10 Å². The second-order valence-electron chi connectivity index (χ2n) is 9.87. The molecule has 0 spiro atoms. The van der Waals surface area contributed by atoms with E-state index in [9.17, 15) is 13.2 Å². The van der Waals surface area contributed by atoms with Gasteiger partial charge in [0, 0.05) is 35.3 Å². The smallest absolute Gasteiger partial charge is 0.370 e. The Balaban J connectivity index is 1.32. The molecular weight excluding hydrogens is 445 g/mol. The Bertz CT molecular complexity index is 1230. The maximum Gasteiger partial charge on any atom is 0.391 e. The van der Waals surface area contributed by atoms with E-state index in [1.165, 1.54) is 0 Å². The number of pyridine rings is 1. The van der Waals surface area contributed by atoms with Crippen LogP contribution in [-0.2, 0) is 4.74 Å². The number of fused-ring (bicyclic) bond motifs is 1. The van der Waals surface area contributed by atoms with Crippen LogP contribution in [0, 0.1) is 19.8 Å². The highest BCUT2D eigenvalue weighted by atomic mass is 19.4. The first kappa shape index (κ1) is 21.8. The number of hydrogen-bond acceptors (Lipinski definition) is 6. The molecule has 6 rings (SSSR count). The molecule has 1 saturated heterocycles. The molecule has 0 bridgehead atoms. The molecule has 7 nitrogen and oxygen atoms in total. The number of aromatic nitrogens is 5. The summed E-state index contributed by atoms with van der Waals surface area (Å²) >= 11 is 0. The van der Waals surface area contributed by atoms with Crippen molar-refractivity contribution >= 4 is 17.0 Å². The van der Waals surface area contributed by atoms with Crippen molar-refractivity contribution < 1.29 is 17.9 Å². The minimum atomic E-state index is -4.16. The maximum absolute atomic E-state index is 13.2. The lowest BCUT2D eigenvalue weighted by Gasteiger charge is -2.37. The molecule has 0 radical (unpaired) electrons. The van der Waals surface area contributed by atoms with Gasteiger partial charge in [-0.3, -0.25) is 4.68 Å². The second-order valence-corrected chi connectivity index (χ2v) is 9.87. The lowest BCUT2D eigenvalue weighted by atomic mass is 9.72. The van der Waals surface area contributed by atoms with E-state index in [0.717, 1.165) is 35.0 Å². The number of rotatable bonds is 4. The summed E-state index contributed by atoms with van der Waals surface area (Å²) in [6.07, 6.45) is 2.05. The number of nitrogens with zero attached hydrogens (tertiary/aromatic N) is 6. The van der Waals surface area contributed by atoms with E-state index in [4.69, 9.17) is 14.7 Å². The van der Waals surface area contributed by atoms with E-state index in [-0.39, 0.29) is 24.9 Å². The highest BCUT2D eigenvalue weighted by Gasteiger charge is 2.49. The number of halogens is 3. The average molecular weight is 473 g/mol. The largest absolute Gasteiger partial charge is 0.391 e. The minimum absolute atomic E-state index is 0.0636. The molecule has 3 aliphatic rings.